The minimum atomic E-state index is 0. The molecule has 0 spiro atoms. The molecule has 1 aromatic carbocycles. The van der Waals surface area contributed by atoms with Crippen molar-refractivity contribution in [2.45, 2.75) is 6.42 Å². The third kappa shape index (κ3) is 3.73. The Morgan fingerprint density at radius 3 is 2.53 bits per heavy atom. The largest absolute Gasteiger partial charge is 0.330 e. The van der Waals surface area contributed by atoms with Crippen molar-refractivity contribution in [1.29, 1.82) is 0 Å². The van der Waals surface area contributed by atoms with Crippen molar-refractivity contribution < 1.29 is 0 Å². The summed E-state index contributed by atoms with van der Waals surface area (Å²) in [5, 5.41) is 4.18. The van der Waals surface area contributed by atoms with E-state index >= 15 is 0 Å². The van der Waals surface area contributed by atoms with Crippen LogP contribution in [0.15, 0.2) is 36.7 Å². The van der Waals surface area contributed by atoms with Gasteiger partial charge in [0, 0.05) is 18.8 Å². The molecule has 0 fully saturated rings. The number of aromatic nitrogens is 2. The highest BCUT2D eigenvalue weighted by Crippen LogP contribution is 2.22. The van der Waals surface area contributed by atoms with E-state index in [1.807, 2.05) is 36.3 Å². The van der Waals surface area contributed by atoms with Crippen LogP contribution in [0.25, 0.3) is 11.1 Å². The fourth-order valence-electron chi connectivity index (χ4n) is 1.74. The van der Waals surface area contributed by atoms with Crippen molar-refractivity contribution in [3.63, 3.8) is 0 Å². The lowest BCUT2D eigenvalue weighted by atomic mass is 10.0. The van der Waals surface area contributed by atoms with Gasteiger partial charge in [-0.15, -0.1) is 24.8 Å². The van der Waals surface area contributed by atoms with Gasteiger partial charge >= 0.3 is 0 Å². The number of rotatable bonds is 3. The second-order valence-electron chi connectivity index (χ2n) is 3.60. The summed E-state index contributed by atoms with van der Waals surface area (Å²) in [6, 6.07) is 8.32. The summed E-state index contributed by atoms with van der Waals surface area (Å²) in [6.07, 6.45) is 4.82. The molecule has 17 heavy (non-hydrogen) atoms. The van der Waals surface area contributed by atoms with Crippen molar-refractivity contribution in [2.24, 2.45) is 12.8 Å². The molecule has 0 aliphatic carbocycles. The molecule has 0 saturated carbocycles. The van der Waals surface area contributed by atoms with E-state index in [9.17, 15) is 0 Å². The van der Waals surface area contributed by atoms with Crippen LogP contribution < -0.4 is 5.73 Å². The van der Waals surface area contributed by atoms with Crippen molar-refractivity contribution in [3.05, 3.63) is 42.2 Å². The highest BCUT2D eigenvalue weighted by atomic mass is 35.5. The fourth-order valence-corrected chi connectivity index (χ4v) is 1.74. The summed E-state index contributed by atoms with van der Waals surface area (Å²) < 4.78 is 1.81. The van der Waals surface area contributed by atoms with E-state index in [0.717, 1.165) is 12.0 Å². The number of hydrogen-bond donors (Lipinski definition) is 1. The molecule has 2 aromatic rings. The molecule has 1 heterocycles. The van der Waals surface area contributed by atoms with E-state index in [4.69, 9.17) is 5.73 Å². The molecule has 0 aliphatic heterocycles. The van der Waals surface area contributed by atoms with Gasteiger partial charge in [0.1, 0.15) is 0 Å². The SMILES string of the molecule is Cl.Cl.Cn1cc(-c2ccccc2CCN)cn1. The summed E-state index contributed by atoms with van der Waals surface area (Å²) in [6.45, 7) is 0.678. The minimum Gasteiger partial charge on any atom is -0.330 e. The summed E-state index contributed by atoms with van der Waals surface area (Å²) in [7, 11) is 1.93. The highest BCUT2D eigenvalue weighted by Gasteiger charge is 2.04. The van der Waals surface area contributed by atoms with Crippen molar-refractivity contribution in [3.8, 4) is 11.1 Å². The molecular formula is C12H17Cl2N3. The molecule has 0 aliphatic rings. The van der Waals surface area contributed by atoms with E-state index in [1.54, 1.807) is 0 Å². The average Bonchev–Trinajstić information content (AvgIpc) is 2.66. The Morgan fingerprint density at radius 1 is 1.24 bits per heavy atom. The van der Waals surface area contributed by atoms with Crippen LogP contribution in [0, 0.1) is 0 Å². The molecule has 3 nitrogen and oxygen atoms in total. The average molecular weight is 274 g/mol. The molecule has 0 bridgehead atoms. The zero-order valence-electron chi connectivity index (χ0n) is 9.67. The molecule has 94 valence electrons. The molecule has 0 radical (unpaired) electrons. The maximum Gasteiger partial charge on any atom is 0.0568 e. The first-order chi connectivity index (χ1) is 7.31. The number of halogens is 2. The summed E-state index contributed by atoms with van der Waals surface area (Å²) in [4.78, 5) is 0. The molecule has 0 unspecified atom stereocenters. The van der Waals surface area contributed by atoms with Crippen molar-refractivity contribution in [2.75, 3.05) is 6.54 Å². The van der Waals surface area contributed by atoms with Gasteiger partial charge in [-0.3, -0.25) is 4.68 Å². The Labute approximate surface area is 114 Å². The van der Waals surface area contributed by atoms with E-state index < -0.39 is 0 Å². The number of aryl methyl sites for hydroxylation is 1. The van der Waals surface area contributed by atoms with E-state index in [-0.39, 0.29) is 24.8 Å². The van der Waals surface area contributed by atoms with Crippen LogP contribution in [0.2, 0.25) is 0 Å². The highest BCUT2D eigenvalue weighted by molar-refractivity contribution is 5.85. The van der Waals surface area contributed by atoms with Crippen molar-refractivity contribution in [1.82, 2.24) is 9.78 Å². The van der Waals surface area contributed by atoms with Crippen LogP contribution in [-0.2, 0) is 13.5 Å². The first kappa shape index (κ1) is 16.0. The lowest BCUT2D eigenvalue weighted by Crippen LogP contribution is -2.03. The van der Waals surface area contributed by atoms with Gasteiger partial charge in [0.2, 0.25) is 0 Å². The molecular weight excluding hydrogens is 257 g/mol. The van der Waals surface area contributed by atoms with Crippen molar-refractivity contribution >= 4 is 24.8 Å². The van der Waals surface area contributed by atoms with Gasteiger partial charge in [-0.1, -0.05) is 24.3 Å². The lowest BCUT2D eigenvalue weighted by molar-refractivity contribution is 0.768. The second kappa shape index (κ2) is 7.33. The van der Waals surface area contributed by atoms with Crippen LogP contribution in [0.4, 0.5) is 0 Å². The molecule has 0 amide bonds. The maximum atomic E-state index is 5.59. The van der Waals surface area contributed by atoms with Gasteiger partial charge in [0.15, 0.2) is 0 Å². The van der Waals surface area contributed by atoms with Gasteiger partial charge in [0.05, 0.1) is 6.20 Å². The fraction of sp³-hybridized carbons (Fsp3) is 0.250. The first-order valence-electron chi connectivity index (χ1n) is 5.08. The van der Waals surface area contributed by atoms with Crippen LogP contribution in [0.1, 0.15) is 5.56 Å². The first-order valence-corrected chi connectivity index (χ1v) is 5.08. The molecule has 0 atom stereocenters. The number of hydrogen-bond acceptors (Lipinski definition) is 2. The maximum absolute atomic E-state index is 5.59. The van der Waals surface area contributed by atoms with Crippen LogP contribution in [-0.4, -0.2) is 16.3 Å². The van der Waals surface area contributed by atoms with Gasteiger partial charge in [-0.2, -0.15) is 5.10 Å². The molecule has 2 rings (SSSR count). The Kier molecular flexibility index (Phi) is 6.88. The van der Waals surface area contributed by atoms with E-state index in [1.165, 1.54) is 11.1 Å². The number of nitrogens with zero attached hydrogens (tertiary/aromatic N) is 2. The predicted octanol–water partition coefficient (Wildman–Crippen LogP) is 2.43. The zero-order valence-corrected chi connectivity index (χ0v) is 11.3. The zero-order chi connectivity index (χ0) is 10.7. The molecule has 5 heteroatoms. The van der Waals surface area contributed by atoms with E-state index in [2.05, 4.69) is 17.2 Å². The Bertz CT molecular complexity index is 455. The summed E-state index contributed by atoms with van der Waals surface area (Å²) in [5.41, 5.74) is 9.26. The third-order valence-electron chi connectivity index (χ3n) is 2.45. The Balaban J connectivity index is 0.00000128. The van der Waals surface area contributed by atoms with E-state index in [0.29, 0.717) is 6.54 Å². The molecule has 0 saturated heterocycles. The van der Waals surface area contributed by atoms with Crippen LogP contribution >= 0.6 is 24.8 Å². The number of benzene rings is 1. The monoisotopic (exact) mass is 273 g/mol. The van der Waals surface area contributed by atoms with Gasteiger partial charge in [0.25, 0.3) is 0 Å². The van der Waals surface area contributed by atoms with Gasteiger partial charge in [-0.25, -0.2) is 0 Å². The summed E-state index contributed by atoms with van der Waals surface area (Å²) in [5.74, 6) is 0. The minimum absolute atomic E-state index is 0. The third-order valence-corrected chi connectivity index (χ3v) is 2.45. The number of nitrogens with two attached hydrogens (primary N) is 1. The topological polar surface area (TPSA) is 43.8 Å². The molecule has 1 aromatic heterocycles. The Morgan fingerprint density at radius 2 is 1.94 bits per heavy atom. The van der Waals surface area contributed by atoms with Gasteiger partial charge < -0.3 is 5.73 Å². The lowest BCUT2D eigenvalue weighted by Gasteiger charge is -2.05. The quantitative estimate of drug-likeness (QED) is 0.934. The second-order valence-corrected chi connectivity index (χ2v) is 3.60. The Hall–Kier alpha value is -1.03. The standard InChI is InChI=1S/C12H15N3.2ClH/c1-15-9-11(8-14-15)12-5-3-2-4-10(12)6-7-13;;/h2-5,8-9H,6-7,13H2,1H3;2*1H. The molecule has 2 N–H and O–H groups in total. The predicted molar refractivity (Wildman–Crippen MR) is 75.9 cm³/mol. The summed E-state index contributed by atoms with van der Waals surface area (Å²) >= 11 is 0. The normalized spacial score (nSPS) is 9.29. The van der Waals surface area contributed by atoms with Crippen LogP contribution in [0.3, 0.4) is 0 Å². The smallest absolute Gasteiger partial charge is 0.0568 e. The van der Waals surface area contributed by atoms with Crippen LogP contribution in [0.5, 0.6) is 0 Å². The van der Waals surface area contributed by atoms with Gasteiger partial charge in [-0.05, 0) is 24.1 Å².